The van der Waals surface area contributed by atoms with Gasteiger partial charge in [-0.1, -0.05) is 73.5 Å². The molecule has 1 aliphatic carbocycles. The van der Waals surface area contributed by atoms with Gasteiger partial charge in [-0.3, -0.25) is 14.2 Å². The SMILES string of the molecule is COC(=O)CN[C@@H]1CCN(C(=O)N2CC[C@@H](Cn3cnc(-c4ccccc4)cc3=O)C3(CCCC3)C2)[C@H](c2ccccc2)C1. The number of carbonyl (C=O) groups excluding carboxylic acids is 2. The predicted octanol–water partition coefficient (Wildman–Crippen LogP) is 4.88. The highest BCUT2D eigenvalue weighted by Gasteiger charge is 2.47. The number of amides is 2. The maximum atomic E-state index is 14.3. The molecular weight excluding hydrogens is 554 g/mol. The highest BCUT2D eigenvalue weighted by atomic mass is 16.5. The van der Waals surface area contributed by atoms with Gasteiger partial charge in [-0.05, 0) is 49.0 Å². The molecule has 2 aliphatic heterocycles. The molecule has 6 rings (SSSR count). The molecule has 0 unspecified atom stereocenters. The van der Waals surface area contributed by atoms with E-state index >= 15 is 0 Å². The van der Waals surface area contributed by atoms with Gasteiger partial charge in [0, 0.05) is 43.9 Å². The molecule has 3 atom stereocenters. The molecule has 44 heavy (non-hydrogen) atoms. The Bertz CT molecular complexity index is 1490. The molecule has 2 aromatic carbocycles. The fourth-order valence-electron chi connectivity index (χ4n) is 7.72. The summed E-state index contributed by atoms with van der Waals surface area (Å²) in [6.07, 6.45) is 8.55. The normalized spacial score (nSPS) is 23.1. The zero-order chi connectivity index (χ0) is 30.5. The number of methoxy groups -OCH3 is 1. The van der Waals surface area contributed by atoms with Gasteiger partial charge in [-0.15, -0.1) is 0 Å². The van der Waals surface area contributed by atoms with Crippen molar-refractivity contribution in [2.45, 2.75) is 63.6 Å². The van der Waals surface area contributed by atoms with Gasteiger partial charge in [-0.2, -0.15) is 0 Å². The molecule has 1 N–H and O–H groups in total. The second-order valence-electron chi connectivity index (χ2n) is 12.7. The van der Waals surface area contributed by atoms with Crippen molar-refractivity contribution in [3.63, 3.8) is 0 Å². The molecule has 3 fully saturated rings. The molecule has 9 heteroatoms. The van der Waals surface area contributed by atoms with Crippen molar-refractivity contribution in [2.75, 3.05) is 33.3 Å². The van der Waals surface area contributed by atoms with Crippen LogP contribution >= 0.6 is 0 Å². The van der Waals surface area contributed by atoms with Crippen molar-refractivity contribution in [1.82, 2.24) is 24.7 Å². The molecule has 232 valence electrons. The van der Waals surface area contributed by atoms with Gasteiger partial charge in [0.1, 0.15) is 0 Å². The van der Waals surface area contributed by atoms with Crippen molar-refractivity contribution < 1.29 is 14.3 Å². The van der Waals surface area contributed by atoms with Crippen molar-refractivity contribution in [2.24, 2.45) is 11.3 Å². The number of ether oxygens (including phenoxy) is 1. The van der Waals surface area contributed by atoms with Crippen LogP contribution in [0.2, 0.25) is 0 Å². The zero-order valence-electron chi connectivity index (χ0n) is 25.6. The fraction of sp³-hybridized carbons (Fsp3) is 0.486. The molecule has 3 heterocycles. The summed E-state index contributed by atoms with van der Waals surface area (Å²) < 4.78 is 6.59. The first-order valence-corrected chi connectivity index (χ1v) is 16.0. The van der Waals surface area contributed by atoms with E-state index in [9.17, 15) is 14.4 Å². The number of benzene rings is 2. The lowest BCUT2D eigenvalue weighted by Crippen LogP contribution is -2.57. The van der Waals surface area contributed by atoms with Gasteiger partial charge in [0.15, 0.2) is 0 Å². The summed E-state index contributed by atoms with van der Waals surface area (Å²) in [5.74, 6) is 0.0315. The van der Waals surface area contributed by atoms with Crippen LogP contribution in [0.4, 0.5) is 4.79 Å². The van der Waals surface area contributed by atoms with Crippen molar-refractivity contribution in [3.05, 3.63) is 89.0 Å². The molecule has 2 amide bonds. The first kappa shape index (κ1) is 30.1. The molecule has 0 radical (unpaired) electrons. The summed E-state index contributed by atoms with van der Waals surface area (Å²) >= 11 is 0. The van der Waals surface area contributed by atoms with Gasteiger partial charge in [-0.25, -0.2) is 9.78 Å². The number of nitrogens with one attached hydrogen (secondary N) is 1. The Morgan fingerprint density at radius 1 is 1.00 bits per heavy atom. The summed E-state index contributed by atoms with van der Waals surface area (Å²) in [7, 11) is 1.40. The number of likely N-dealkylation sites (tertiary alicyclic amines) is 2. The number of hydrogen-bond donors (Lipinski definition) is 1. The number of urea groups is 1. The quantitative estimate of drug-likeness (QED) is 0.390. The smallest absolute Gasteiger partial charge is 0.320 e. The Balaban J connectivity index is 1.17. The summed E-state index contributed by atoms with van der Waals surface area (Å²) in [6.45, 7) is 2.83. The number of nitrogens with zero attached hydrogens (tertiary/aromatic N) is 4. The first-order chi connectivity index (χ1) is 21.5. The predicted molar refractivity (Wildman–Crippen MR) is 169 cm³/mol. The molecule has 9 nitrogen and oxygen atoms in total. The van der Waals surface area contributed by atoms with Gasteiger partial charge in [0.2, 0.25) is 0 Å². The van der Waals surface area contributed by atoms with Gasteiger partial charge < -0.3 is 19.9 Å². The Morgan fingerprint density at radius 3 is 2.43 bits per heavy atom. The zero-order valence-corrected chi connectivity index (χ0v) is 25.6. The molecule has 3 aliphatic rings. The third-order valence-corrected chi connectivity index (χ3v) is 10.2. The standard InChI is InChI=1S/C35H43N5O4/c1-44-33(42)22-36-29-15-19-40(31(20-29)27-12-6-3-7-13-27)34(43)38-18-14-28(35(24-38)16-8-9-17-35)23-39-25-37-30(21-32(39)41)26-10-4-2-5-11-26/h2-7,10-13,21,25,28-29,31,36H,8-9,14-20,22-24H2,1H3/t28-,29+,31-/m0/s1. The van der Waals surface area contributed by atoms with E-state index in [2.05, 4.69) is 27.3 Å². The van der Waals surface area contributed by atoms with Crippen LogP contribution in [0.15, 0.2) is 77.9 Å². The van der Waals surface area contributed by atoms with Crippen LogP contribution < -0.4 is 10.9 Å². The third-order valence-electron chi connectivity index (χ3n) is 10.2. The minimum Gasteiger partial charge on any atom is -0.468 e. The number of aromatic nitrogens is 2. The maximum Gasteiger partial charge on any atom is 0.320 e. The summed E-state index contributed by atoms with van der Waals surface area (Å²) in [4.78, 5) is 48.0. The van der Waals surface area contributed by atoms with Crippen LogP contribution in [0.25, 0.3) is 11.3 Å². The minimum absolute atomic E-state index is 0.00802. The second-order valence-corrected chi connectivity index (χ2v) is 12.7. The Labute approximate surface area is 259 Å². The van der Waals surface area contributed by atoms with Gasteiger partial charge in [0.25, 0.3) is 5.56 Å². The largest absolute Gasteiger partial charge is 0.468 e. The fourth-order valence-corrected chi connectivity index (χ4v) is 7.72. The average Bonchev–Trinajstić information content (AvgIpc) is 3.54. The number of carbonyl (C=O) groups is 2. The van der Waals surface area contributed by atoms with Crippen LogP contribution in [0.5, 0.6) is 0 Å². The van der Waals surface area contributed by atoms with Gasteiger partial charge >= 0.3 is 12.0 Å². The Kier molecular flexibility index (Phi) is 9.12. The minimum atomic E-state index is -0.283. The lowest BCUT2D eigenvalue weighted by Gasteiger charge is -2.49. The molecular formula is C35H43N5O4. The molecule has 1 saturated carbocycles. The molecule has 1 aromatic heterocycles. The van der Waals surface area contributed by atoms with E-state index in [4.69, 9.17) is 4.74 Å². The topological polar surface area (TPSA) is 96.8 Å². The highest BCUT2D eigenvalue weighted by Crippen LogP contribution is 2.49. The van der Waals surface area contributed by atoms with Crippen LogP contribution in [0, 0.1) is 11.3 Å². The molecule has 1 spiro atoms. The van der Waals surface area contributed by atoms with E-state index in [1.54, 1.807) is 17.0 Å². The van der Waals surface area contributed by atoms with Crippen molar-refractivity contribution in [3.8, 4) is 11.3 Å². The van der Waals surface area contributed by atoms with Crippen LogP contribution in [0.1, 0.15) is 56.6 Å². The average molecular weight is 598 g/mol. The summed E-state index contributed by atoms with van der Waals surface area (Å²) in [5.41, 5.74) is 2.73. The molecule has 0 bridgehead atoms. The van der Waals surface area contributed by atoms with E-state index in [1.165, 1.54) is 7.11 Å². The number of esters is 1. The first-order valence-electron chi connectivity index (χ1n) is 16.0. The van der Waals surface area contributed by atoms with Crippen LogP contribution in [0.3, 0.4) is 0 Å². The highest BCUT2D eigenvalue weighted by molar-refractivity contribution is 5.75. The number of piperidine rings is 2. The van der Waals surface area contributed by atoms with E-state index in [1.807, 2.05) is 53.4 Å². The lowest BCUT2D eigenvalue weighted by molar-refractivity contribution is -0.139. The maximum absolute atomic E-state index is 14.3. The summed E-state index contributed by atoms with van der Waals surface area (Å²) in [6, 6.07) is 21.8. The Hall–Kier alpha value is -3.98. The van der Waals surface area contributed by atoms with Crippen LogP contribution in [-0.4, -0.2) is 70.7 Å². The van der Waals surface area contributed by atoms with Crippen LogP contribution in [-0.2, 0) is 16.1 Å². The van der Waals surface area contributed by atoms with E-state index in [-0.39, 0.29) is 41.6 Å². The number of rotatable bonds is 7. The summed E-state index contributed by atoms with van der Waals surface area (Å²) in [5, 5.41) is 3.34. The Morgan fingerprint density at radius 2 is 1.73 bits per heavy atom. The molecule has 2 saturated heterocycles. The third kappa shape index (κ3) is 6.43. The lowest BCUT2D eigenvalue weighted by atomic mass is 9.69. The van der Waals surface area contributed by atoms with E-state index < -0.39 is 0 Å². The van der Waals surface area contributed by atoms with Crippen molar-refractivity contribution in [1.29, 1.82) is 0 Å². The number of hydrogen-bond acceptors (Lipinski definition) is 6. The van der Waals surface area contributed by atoms with E-state index in [0.717, 1.165) is 62.6 Å². The van der Waals surface area contributed by atoms with Crippen molar-refractivity contribution >= 4 is 12.0 Å². The second kappa shape index (κ2) is 13.3. The monoisotopic (exact) mass is 597 g/mol. The van der Waals surface area contributed by atoms with E-state index in [0.29, 0.717) is 31.2 Å². The van der Waals surface area contributed by atoms with Gasteiger partial charge in [0.05, 0.1) is 31.7 Å². The molecule has 3 aromatic rings.